The minimum atomic E-state index is -0.325. The van der Waals surface area contributed by atoms with Gasteiger partial charge in [-0.1, -0.05) is 30.3 Å². The fraction of sp³-hybridized carbons (Fsp3) is 0.200. The van der Waals surface area contributed by atoms with Gasteiger partial charge in [0, 0.05) is 18.7 Å². The van der Waals surface area contributed by atoms with Crippen LogP contribution in [0, 0.1) is 5.82 Å². The average Bonchev–Trinajstić information content (AvgIpc) is 3.49. The van der Waals surface area contributed by atoms with Gasteiger partial charge in [-0.05, 0) is 48.4 Å². The second-order valence-corrected chi connectivity index (χ2v) is 8.65. The fourth-order valence-electron chi connectivity index (χ4n) is 4.28. The maximum Gasteiger partial charge on any atom is 0.246 e. The Kier molecular flexibility index (Phi) is 6.08. The van der Waals surface area contributed by atoms with Crippen LogP contribution in [0.3, 0.4) is 0 Å². The molecule has 1 aliphatic heterocycles. The van der Waals surface area contributed by atoms with Gasteiger partial charge in [0.1, 0.15) is 36.0 Å². The van der Waals surface area contributed by atoms with Crippen LogP contribution in [-0.4, -0.2) is 43.6 Å². The number of carbonyl (C=O) groups excluding carboxylic acids is 1. The standard InChI is InChI=1S/C25H22ClFN6O2/c1-2-21(34)32-9-8-18(12-32)33-25-22(24(28)29-14-30-25)23(31-33)16-6-7-20(19(26)11-16)35-13-15-4-3-5-17(27)10-15/h2-7,10-11,14,18H,1,8-9,12-13H2,(H2,28,29,30). The summed E-state index contributed by atoms with van der Waals surface area (Å²) in [5.41, 5.74) is 8.82. The number of nitrogens with zero attached hydrogens (tertiary/aromatic N) is 5. The molecule has 1 saturated heterocycles. The zero-order chi connectivity index (χ0) is 24.5. The fourth-order valence-corrected chi connectivity index (χ4v) is 4.51. The van der Waals surface area contributed by atoms with Crippen molar-refractivity contribution in [2.45, 2.75) is 19.1 Å². The van der Waals surface area contributed by atoms with Crippen LogP contribution in [0.4, 0.5) is 10.2 Å². The molecular formula is C25H22ClFN6O2. The molecule has 178 valence electrons. The van der Waals surface area contributed by atoms with Gasteiger partial charge in [-0.3, -0.25) is 4.79 Å². The zero-order valence-corrected chi connectivity index (χ0v) is 19.5. The minimum absolute atomic E-state index is 0.0613. The summed E-state index contributed by atoms with van der Waals surface area (Å²) in [6.45, 7) is 4.85. The Morgan fingerprint density at radius 2 is 2.14 bits per heavy atom. The predicted octanol–water partition coefficient (Wildman–Crippen LogP) is 4.41. The Balaban J connectivity index is 1.46. The number of benzene rings is 2. The van der Waals surface area contributed by atoms with Crippen molar-refractivity contribution in [1.82, 2.24) is 24.6 Å². The molecular weight excluding hydrogens is 471 g/mol. The molecule has 1 aliphatic rings. The number of nitrogens with two attached hydrogens (primary N) is 1. The number of halogens is 2. The number of hydrogen-bond acceptors (Lipinski definition) is 6. The third-order valence-corrected chi connectivity index (χ3v) is 6.30. The highest BCUT2D eigenvalue weighted by Crippen LogP contribution is 2.37. The minimum Gasteiger partial charge on any atom is -0.487 e. The van der Waals surface area contributed by atoms with Crippen LogP contribution in [-0.2, 0) is 11.4 Å². The molecule has 1 amide bonds. The smallest absolute Gasteiger partial charge is 0.246 e. The van der Waals surface area contributed by atoms with Crippen molar-refractivity contribution in [3.05, 3.63) is 77.9 Å². The molecule has 3 heterocycles. The summed E-state index contributed by atoms with van der Waals surface area (Å²) in [5.74, 6) is 0.325. The number of carbonyl (C=O) groups is 1. The number of aromatic nitrogens is 4. The number of rotatable bonds is 6. The summed E-state index contributed by atoms with van der Waals surface area (Å²) in [4.78, 5) is 22.4. The molecule has 2 aromatic heterocycles. The molecule has 0 aliphatic carbocycles. The van der Waals surface area contributed by atoms with E-state index in [0.717, 1.165) is 12.0 Å². The molecule has 2 N–H and O–H groups in total. The molecule has 1 fully saturated rings. The second kappa shape index (κ2) is 9.34. The SMILES string of the molecule is C=CC(=O)N1CCC(n2nc(-c3ccc(OCc4cccc(F)c4)c(Cl)c3)c3c(N)ncnc32)C1. The maximum atomic E-state index is 13.4. The van der Waals surface area contributed by atoms with Crippen LogP contribution in [0.25, 0.3) is 22.3 Å². The summed E-state index contributed by atoms with van der Waals surface area (Å²) >= 11 is 6.52. The van der Waals surface area contributed by atoms with Gasteiger partial charge in [0.15, 0.2) is 5.65 Å². The molecule has 1 atom stereocenters. The first-order valence-electron chi connectivity index (χ1n) is 11.0. The Morgan fingerprint density at radius 1 is 1.29 bits per heavy atom. The lowest BCUT2D eigenvalue weighted by molar-refractivity contribution is -0.125. The lowest BCUT2D eigenvalue weighted by atomic mass is 10.1. The number of amides is 1. The first-order chi connectivity index (χ1) is 16.9. The van der Waals surface area contributed by atoms with E-state index in [9.17, 15) is 9.18 Å². The number of fused-ring (bicyclic) bond motifs is 1. The molecule has 2 aromatic carbocycles. The summed E-state index contributed by atoms with van der Waals surface area (Å²) in [7, 11) is 0. The van der Waals surface area contributed by atoms with Crippen molar-refractivity contribution in [1.29, 1.82) is 0 Å². The zero-order valence-electron chi connectivity index (χ0n) is 18.7. The highest BCUT2D eigenvalue weighted by molar-refractivity contribution is 6.32. The molecule has 8 nitrogen and oxygen atoms in total. The van der Waals surface area contributed by atoms with Crippen molar-refractivity contribution in [3.8, 4) is 17.0 Å². The molecule has 4 aromatic rings. The lowest BCUT2D eigenvalue weighted by Gasteiger charge is -2.14. The van der Waals surface area contributed by atoms with Crippen molar-refractivity contribution < 1.29 is 13.9 Å². The number of nitrogen functional groups attached to an aromatic ring is 1. The molecule has 1 unspecified atom stereocenters. The molecule has 0 radical (unpaired) electrons. The van der Waals surface area contributed by atoms with Crippen LogP contribution in [0.15, 0.2) is 61.4 Å². The van der Waals surface area contributed by atoms with Crippen molar-refractivity contribution in [2.75, 3.05) is 18.8 Å². The first kappa shape index (κ1) is 22.8. The van der Waals surface area contributed by atoms with E-state index in [-0.39, 0.29) is 24.4 Å². The molecule has 0 bridgehead atoms. The Bertz CT molecular complexity index is 1440. The van der Waals surface area contributed by atoms with E-state index in [4.69, 9.17) is 27.2 Å². The van der Waals surface area contributed by atoms with Crippen LogP contribution < -0.4 is 10.5 Å². The number of likely N-dealkylation sites (tertiary alicyclic amines) is 1. The highest BCUT2D eigenvalue weighted by atomic mass is 35.5. The van der Waals surface area contributed by atoms with Gasteiger partial charge in [0.2, 0.25) is 5.91 Å². The normalized spacial score (nSPS) is 15.5. The maximum absolute atomic E-state index is 13.4. The first-order valence-corrected chi connectivity index (χ1v) is 11.4. The quantitative estimate of drug-likeness (QED) is 0.400. The molecule has 10 heteroatoms. The van der Waals surface area contributed by atoms with E-state index in [1.54, 1.807) is 33.8 Å². The summed E-state index contributed by atoms with van der Waals surface area (Å²) in [5, 5.41) is 5.82. The highest BCUT2D eigenvalue weighted by Gasteiger charge is 2.30. The number of hydrogen-bond donors (Lipinski definition) is 1. The molecule has 0 spiro atoms. The van der Waals surface area contributed by atoms with E-state index in [1.807, 2.05) is 6.07 Å². The van der Waals surface area contributed by atoms with Crippen LogP contribution in [0.2, 0.25) is 5.02 Å². The second-order valence-electron chi connectivity index (χ2n) is 8.25. The van der Waals surface area contributed by atoms with Crippen molar-refractivity contribution in [2.24, 2.45) is 0 Å². The van der Waals surface area contributed by atoms with Gasteiger partial charge in [-0.15, -0.1) is 0 Å². The van der Waals surface area contributed by atoms with Gasteiger partial charge < -0.3 is 15.4 Å². The van der Waals surface area contributed by atoms with E-state index < -0.39 is 0 Å². The topological polar surface area (TPSA) is 99.2 Å². The van der Waals surface area contributed by atoms with Gasteiger partial charge in [-0.25, -0.2) is 19.0 Å². The Labute approximate surface area is 205 Å². The van der Waals surface area contributed by atoms with Crippen LogP contribution in [0.5, 0.6) is 5.75 Å². The van der Waals surface area contributed by atoms with E-state index >= 15 is 0 Å². The summed E-state index contributed by atoms with van der Waals surface area (Å²) in [6.07, 6.45) is 3.44. The van der Waals surface area contributed by atoms with Crippen molar-refractivity contribution in [3.63, 3.8) is 0 Å². The Morgan fingerprint density at radius 3 is 2.91 bits per heavy atom. The predicted molar refractivity (Wildman–Crippen MR) is 131 cm³/mol. The van der Waals surface area contributed by atoms with E-state index in [1.165, 1.54) is 24.5 Å². The summed E-state index contributed by atoms with van der Waals surface area (Å²) < 4.78 is 21.0. The number of anilines is 1. The van der Waals surface area contributed by atoms with Crippen molar-refractivity contribution >= 4 is 34.4 Å². The molecule has 0 saturated carbocycles. The van der Waals surface area contributed by atoms with E-state index in [2.05, 4.69) is 16.5 Å². The average molecular weight is 493 g/mol. The molecule has 35 heavy (non-hydrogen) atoms. The summed E-state index contributed by atoms with van der Waals surface area (Å²) in [6, 6.07) is 11.4. The third kappa shape index (κ3) is 4.42. The van der Waals surface area contributed by atoms with Crippen LogP contribution in [0.1, 0.15) is 18.0 Å². The Hall–Kier alpha value is -3.98. The third-order valence-electron chi connectivity index (χ3n) is 6.00. The largest absolute Gasteiger partial charge is 0.487 e. The van der Waals surface area contributed by atoms with E-state index in [0.29, 0.717) is 52.0 Å². The number of ether oxygens (including phenoxy) is 1. The van der Waals surface area contributed by atoms with Gasteiger partial charge >= 0.3 is 0 Å². The van der Waals surface area contributed by atoms with Crippen LogP contribution >= 0.6 is 11.6 Å². The monoisotopic (exact) mass is 492 g/mol. The van der Waals surface area contributed by atoms with Gasteiger partial charge in [0.25, 0.3) is 0 Å². The lowest BCUT2D eigenvalue weighted by Crippen LogP contribution is -2.27. The van der Waals surface area contributed by atoms with Gasteiger partial charge in [0.05, 0.1) is 16.5 Å². The molecule has 5 rings (SSSR count). The van der Waals surface area contributed by atoms with Gasteiger partial charge in [-0.2, -0.15) is 5.10 Å².